The number of Topliss-reactive ketones (excluding diaryl/α,β-unsaturated/α-hetero) is 1. The van der Waals surface area contributed by atoms with E-state index < -0.39 is 12.6 Å². The van der Waals surface area contributed by atoms with Crippen LogP contribution in [0.15, 0.2) is 42.5 Å². The standard InChI is InChI=1S/C19H17Cl2NO4/c1-2-4-17(24)22-13-9-7-12(8-10-13)16(23)11-26-19(25)14-5-3-6-15(20)18(14)21/h3,5-10H,2,4,11H2,1H3,(H,22,24). The van der Waals surface area contributed by atoms with E-state index in [1.54, 1.807) is 36.4 Å². The van der Waals surface area contributed by atoms with E-state index >= 15 is 0 Å². The monoisotopic (exact) mass is 393 g/mol. The van der Waals surface area contributed by atoms with Crippen molar-refractivity contribution in [3.05, 3.63) is 63.6 Å². The Balaban J connectivity index is 1.94. The van der Waals surface area contributed by atoms with Crippen molar-refractivity contribution in [3.63, 3.8) is 0 Å². The number of hydrogen-bond donors (Lipinski definition) is 1. The molecule has 0 spiro atoms. The first kappa shape index (κ1) is 19.9. The first-order valence-electron chi connectivity index (χ1n) is 7.96. The lowest BCUT2D eigenvalue weighted by Crippen LogP contribution is -2.15. The number of anilines is 1. The Morgan fingerprint density at radius 1 is 1.04 bits per heavy atom. The van der Waals surface area contributed by atoms with Gasteiger partial charge < -0.3 is 10.1 Å². The summed E-state index contributed by atoms with van der Waals surface area (Å²) >= 11 is 11.8. The first-order valence-corrected chi connectivity index (χ1v) is 8.72. The van der Waals surface area contributed by atoms with Crippen molar-refractivity contribution < 1.29 is 19.1 Å². The fourth-order valence-electron chi connectivity index (χ4n) is 2.14. The topological polar surface area (TPSA) is 72.5 Å². The van der Waals surface area contributed by atoms with E-state index in [1.165, 1.54) is 6.07 Å². The Morgan fingerprint density at radius 3 is 2.38 bits per heavy atom. The van der Waals surface area contributed by atoms with Gasteiger partial charge in [0, 0.05) is 17.7 Å². The molecular weight excluding hydrogens is 377 g/mol. The molecule has 2 aromatic carbocycles. The van der Waals surface area contributed by atoms with Crippen LogP contribution >= 0.6 is 23.2 Å². The second kappa shape index (κ2) is 9.36. The molecule has 1 N–H and O–H groups in total. The lowest BCUT2D eigenvalue weighted by Gasteiger charge is -2.08. The first-order chi connectivity index (χ1) is 12.4. The van der Waals surface area contributed by atoms with E-state index in [1.807, 2.05) is 6.92 Å². The predicted molar refractivity (Wildman–Crippen MR) is 101 cm³/mol. The van der Waals surface area contributed by atoms with Crippen molar-refractivity contribution in [3.8, 4) is 0 Å². The van der Waals surface area contributed by atoms with E-state index in [-0.39, 0.29) is 27.3 Å². The predicted octanol–water partition coefficient (Wildman–Crippen LogP) is 4.77. The summed E-state index contributed by atoms with van der Waals surface area (Å²) in [6.07, 6.45) is 1.19. The number of halogens is 2. The van der Waals surface area contributed by atoms with Crippen LogP contribution < -0.4 is 5.32 Å². The zero-order chi connectivity index (χ0) is 19.1. The number of esters is 1. The molecule has 0 bridgehead atoms. The average Bonchev–Trinajstić information content (AvgIpc) is 2.62. The zero-order valence-electron chi connectivity index (χ0n) is 14.1. The highest BCUT2D eigenvalue weighted by molar-refractivity contribution is 6.43. The molecule has 0 radical (unpaired) electrons. The summed E-state index contributed by atoms with van der Waals surface area (Å²) in [6.45, 7) is 1.49. The molecule has 26 heavy (non-hydrogen) atoms. The van der Waals surface area contributed by atoms with Crippen molar-refractivity contribution in [2.45, 2.75) is 19.8 Å². The van der Waals surface area contributed by atoms with Gasteiger partial charge in [-0.05, 0) is 42.8 Å². The Kier molecular flexibility index (Phi) is 7.18. The fraction of sp³-hybridized carbons (Fsp3) is 0.211. The molecule has 0 saturated heterocycles. The minimum absolute atomic E-state index is 0.0822. The summed E-state index contributed by atoms with van der Waals surface area (Å²) in [5.41, 5.74) is 1.06. The number of ketones is 1. The van der Waals surface area contributed by atoms with Gasteiger partial charge in [-0.3, -0.25) is 9.59 Å². The maximum atomic E-state index is 12.1. The minimum Gasteiger partial charge on any atom is -0.454 e. The third-order valence-electron chi connectivity index (χ3n) is 3.47. The quantitative estimate of drug-likeness (QED) is 0.542. The van der Waals surface area contributed by atoms with Gasteiger partial charge in [-0.25, -0.2) is 4.79 Å². The third kappa shape index (κ3) is 5.31. The Labute approximate surface area is 161 Å². The number of hydrogen-bond acceptors (Lipinski definition) is 4. The van der Waals surface area contributed by atoms with Crippen molar-refractivity contribution in [2.75, 3.05) is 11.9 Å². The molecule has 1 amide bonds. The van der Waals surface area contributed by atoms with E-state index in [9.17, 15) is 14.4 Å². The summed E-state index contributed by atoms with van der Waals surface area (Å²) in [7, 11) is 0. The Hall–Kier alpha value is -2.37. The lowest BCUT2D eigenvalue weighted by atomic mass is 10.1. The Morgan fingerprint density at radius 2 is 1.73 bits per heavy atom. The molecule has 0 aliphatic carbocycles. The maximum Gasteiger partial charge on any atom is 0.340 e. The minimum atomic E-state index is -0.728. The van der Waals surface area contributed by atoms with Crippen LogP contribution in [0.5, 0.6) is 0 Å². The molecule has 0 saturated carbocycles. The zero-order valence-corrected chi connectivity index (χ0v) is 15.6. The van der Waals surface area contributed by atoms with Crippen molar-refractivity contribution in [1.29, 1.82) is 0 Å². The van der Waals surface area contributed by atoms with Gasteiger partial charge in [0.2, 0.25) is 5.91 Å². The molecule has 7 heteroatoms. The number of ether oxygens (including phenoxy) is 1. The third-order valence-corrected chi connectivity index (χ3v) is 4.29. The van der Waals surface area contributed by atoms with E-state index in [2.05, 4.69) is 5.32 Å². The van der Waals surface area contributed by atoms with Crippen LogP contribution in [-0.4, -0.2) is 24.3 Å². The molecule has 0 aliphatic rings. The van der Waals surface area contributed by atoms with Gasteiger partial charge in [0.15, 0.2) is 12.4 Å². The fourth-order valence-corrected chi connectivity index (χ4v) is 2.52. The molecule has 5 nitrogen and oxygen atoms in total. The summed E-state index contributed by atoms with van der Waals surface area (Å²) in [5, 5.41) is 3.04. The molecule has 0 aromatic heterocycles. The molecule has 0 heterocycles. The highest BCUT2D eigenvalue weighted by atomic mass is 35.5. The van der Waals surface area contributed by atoms with Gasteiger partial charge >= 0.3 is 5.97 Å². The molecule has 0 atom stereocenters. The van der Waals surface area contributed by atoms with Gasteiger partial charge in [-0.15, -0.1) is 0 Å². The van der Waals surface area contributed by atoms with Gasteiger partial charge in [0.25, 0.3) is 0 Å². The smallest absolute Gasteiger partial charge is 0.340 e. The summed E-state index contributed by atoms with van der Waals surface area (Å²) < 4.78 is 5.01. The Bertz CT molecular complexity index is 819. The number of nitrogens with one attached hydrogen (secondary N) is 1. The van der Waals surface area contributed by atoms with Crippen molar-refractivity contribution in [1.82, 2.24) is 0 Å². The molecular formula is C19H17Cl2NO4. The maximum absolute atomic E-state index is 12.1. The second-order valence-corrected chi connectivity index (χ2v) is 6.26. The van der Waals surface area contributed by atoms with Crippen LogP contribution in [0.4, 0.5) is 5.69 Å². The molecule has 0 unspecified atom stereocenters. The SMILES string of the molecule is CCCC(=O)Nc1ccc(C(=O)COC(=O)c2cccc(Cl)c2Cl)cc1. The number of carbonyl (C=O) groups excluding carboxylic acids is 3. The molecule has 2 aromatic rings. The molecule has 136 valence electrons. The second-order valence-electron chi connectivity index (χ2n) is 5.48. The van der Waals surface area contributed by atoms with Gasteiger partial charge in [0.1, 0.15) is 0 Å². The average molecular weight is 394 g/mol. The highest BCUT2D eigenvalue weighted by Gasteiger charge is 2.16. The van der Waals surface area contributed by atoms with Gasteiger partial charge in [-0.2, -0.15) is 0 Å². The van der Waals surface area contributed by atoms with Gasteiger partial charge in [-0.1, -0.05) is 36.2 Å². The van der Waals surface area contributed by atoms with Crippen LogP contribution in [0.2, 0.25) is 10.0 Å². The summed E-state index contributed by atoms with van der Waals surface area (Å²) in [6, 6.07) is 10.9. The van der Waals surface area contributed by atoms with Gasteiger partial charge in [0.05, 0.1) is 15.6 Å². The van der Waals surface area contributed by atoms with E-state index in [0.29, 0.717) is 17.7 Å². The number of amides is 1. The van der Waals surface area contributed by atoms with Crippen LogP contribution in [0, 0.1) is 0 Å². The number of carbonyl (C=O) groups is 3. The summed E-state index contributed by atoms with van der Waals surface area (Å²) in [5.74, 6) is -1.18. The highest BCUT2D eigenvalue weighted by Crippen LogP contribution is 2.26. The normalized spacial score (nSPS) is 10.3. The van der Waals surface area contributed by atoms with E-state index in [4.69, 9.17) is 27.9 Å². The molecule has 2 rings (SSSR count). The van der Waals surface area contributed by atoms with Crippen LogP contribution in [0.1, 0.15) is 40.5 Å². The molecule has 0 fully saturated rings. The molecule has 0 aliphatic heterocycles. The largest absolute Gasteiger partial charge is 0.454 e. The van der Waals surface area contributed by atoms with Crippen molar-refractivity contribution >= 4 is 46.5 Å². The number of benzene rings is 2. The van der Waals surface area contributed by atoms with Crippen LogP contribution in [0.3, 0.4) is 0 Å². The lowest BCUT2D eigenvalue weighted by molar-refractivity contribution is -0.116. The number of rotatable bonds is 7. The van der Waals surface area contributed by atoms with Crippen LogP contribution in [-0.2, 0) is 9.53 Å². The van der Waals surface area contributed by atoms with Crippen molar-refractivity contribution in [2.24, 2.45) is 0 Å². The van der Waals surface area contributed by atoms with E-state index in [0.717, 1.165) is 6.42 Å². The van der Waals surface area contributed by atoms with Crippen LogP contribution in [0.25, 0.3) is 0 Å². The summed E-state index contributed by atoms with van der Waals surface area (Å²) in [4.78, 5) is 35.7.